The van der Waals surface area contributed by atoms with Crippen LogP contribution in [0, 0.1) is 105 Å². The van der Waals surface area contributed by atoms with Crippen LogP contribution < -0.4 is 10.6 Å². The summed E-state index contributed by atoms with van der Waals surface area (Å²) in [6, 6.07) is 23.3. The molecule has 2 amide bonds. The number of allylic oxidation sites excluding steroid dienone is 4. The van der Waals surface area contributed by atoms with E-state index < -0.39 is 107 Å². The van der Waals surface area contributed by atoms with E-state index in [1.54, 1.807) is 99.6 Å². The van der Waals surface area contributed by atoms with Crippen molar-refractivity contribution < 1.29 is 151 Å². The van der Waals surface area contributed by atoms with Crippen LogP contribution in [0.1, 0.15) is 157 Å². The number of carbonyl (C=O) groups excluding carboxylic acids is 5. The zero-order valence-electron chi connectivity index (χ0n) is 46.5. The predicted octanol–water partition coefficient (Wildman–Crippen LogP) is 9.14. The van der Waals surface area contributed by atoms with Crippen molar-refractivity contribution in [3.8, 4) is 0 Å². The number of carbonyl (C=O) groups is 5. The average molecular weight is 1520 g/mol. The second-order valence-corrected chi connectivity index (χ2v) is 22.1. The van der Waals surface area contributed by atoms with Gasteiger partial charge in [-0.1, -0.05) is 150 Å². The molecule has 0 unspecified atom stereocenters. The number of aliphatic hydroxyl groups excluding tert-OH is 2. The number of rotatable bonds is 24. The molecule has 2 radical (unpaired) electrons. The first-order valence-corrected chi connectivity index (χ1v) is 27.7. The van der Waals surface area contributed by atoms with Crippen molar-refractivity contribution in [3.63, 3.8) is 0 Å². The van der Waals surface area contributed by atoms with Gasteiger partial charge in [-0.05, 0) is 93.3 Å². The smallest absolute Gasteiger partial charge is 0.408 e. The fourth-order valence-electron chi connectivity index (χ4n) is 12.1. The minimum Gasteiger partial charge on any atom is -0.455 e. The van der Waals surface area contributed by atoms with E-state index in [1.165, 1.54) is 38.3 Å². The van der Waals surface area contributed by atoms with Crippen molar-refractivity contribution in [2.24, 2.45) is 16.7 Å². The van der Waals surface area contributed by atoms with Gasteiger partial charge in [-0.3, -0.25) is 9.59 Å². The van der Waals surface area contributed by atoms with E-state index in [0.29, 0.717) is 12.0 Å². The normalized spacial score (nSPS) is 27.5. The van der Waals surface area contributed by atoms with Crippen LogP contribution >= 0.6 is 0 Å². The summed E-state index contributed by atoms with van der Waals surface area (Å²) in [5.74, 6) is -5.12. The maximum absolute atomic E-state index is 15.2. The Balaban J connectivity index is 0.00000574. The monoisotopic (exact) mass is 1510 g/mol. The molecule has 3 aromatic carbocycles. The molecule has 6 N–H and O–H groups in total. The quantitative estimate of drug-likeness (QED) is 0.0213. The zero-order valence-corrected chi connectivity index (χ0v) is 56.0. The molecule has 3 fully saturated rings. The van der Waals surface area contributed by atoms with Gasteiger partial charge in [0.1, 0.15) is 35.6 Å². The molecule has 15 nitrogen and oxygen atoms in total. The van der Waals surface area contributed by atoms with Crippen molar-refractivity contribution in [2.75, 3.05) is 13.2 Å². The van der Waals surface area contributed by atoms with Gasteiger partial charge < -0.3 is 50.0 Å². The van der Waals surface area contributed by atoms with Crippen molar-refractivity contribution >= 4 is 29.7 Å². The van der Waals surface area contributed by atoms with Gasteiger partial charge in [0.15, 0.2) is 5.78 Å². The predicted molar refractivity (Wildman–Crippen MR) is 290 cm³/mol. The molecule has 11 atom stereocenters. The molecule has 1 aliphatic heterocycles. The average Bonchev–Trinajstić information content (AvgIpc) is 2.37. The molecule has 79 heavy (non-hydrogen) atoms. The van der Waals surface area contributed by atoms with E-state index in [9.17, 15) is 34.8 Å². The first-order chi connectivity index (χ1) is 36.9. The van der Waals surface area contributed by atoms with Gasteiger partial charge in [0, 0.05) is 124 Å². The van der Waals surface area contributed by atoms with Gasteiger partial charge in [-0.2, -0.15) is 0 Å². The standard InChI is InChI=1S/C62H80N2O13.2Ac/c1-6-7-8-9-10-11-12-13-14-15-16-17-18-19-20-30-37-63-58(71)76-51(49(42-31-24-21-25-32-42)64-55(68)43-33-26-22-27-34-43)57(70)75-45-39-62(73)54(77-56(69)44-35-28-23-29-36-44)52-60(5,46(65)38-47-61(52,72)40-74-47)53(67)50(66)48(41(45)2)59(62,3)4;;/h10-11,13-14,21-29,31-36,45-47,49-52,54,65-66,72-73H,6-9,12,15-20,30,37-40H2,1-5H3,(H,63,71)(H,64,68);;/b11-10-,14-13-;;/t45-,46-,47+,49-,50+,51+,52-,54-,60+,61-,62+;;/m0../s1. The molecule has 3 aliphatic carbocycles. The second kappa shape index (κ2) is 30.5. The summed E-state index contributed by atoms with van der Waals surface area (Å²) in [7, 11) is 0. The number of fused-ring (bicyclic) bond motifs is 5. The third-order valence-electron chi connectivity index (χ3n) is 16.8. The Morgan fingerprint density at radius 1 is 0.759 bits per heavy atom. The first kappa shape index (κ1) is 66.7. The molecule has 0 aromatic heterocycles. The SMILES string of the molecule is CCCCC/C=C\C/C=C\CCCCCCCCNC(=O)O[C@@H](C(=O)O[C@H]1C[C@@]2(O)[C@@H](OC(=O)c3ccccc3)[C@@H]3[C@]4(O)CO[C@@H]4C[C@H](O)[C@@]3(C)C(=O)[C@H](O)C(=C1C)C2(C)C)[C@@H](NC(=O)c1ccccc1)c1ccccc1.[Ac].[Ac]. The van der Waals surface area contributed by atoms with Crippen molar-refractivity contribution in [1.82, 2.24) is 10.6 Å². The number of esters is 2. The summed E-state index contributed by atoms with van der Waals surface area (Å²) >= 11 is 0. The summed E-state index contributed by atoms with van der Waals surface area (Å²) in [5, 5.41) is 56.1. The number of alkyl carbamates (subject to hydrolysis) is 1. The number of hydrogen-bond donors (Lipinski definition) is 6. The van der Waals surface area contributed by atoms with Crippen LogP contribution in [-0.2, 0) is 28.5 Å². The number of ketones is 1. The number of Topliss-reactive ketones (excluding diaryl/α,β-unsaturated/α-hetero) is 1. The third-order valence-corrected chi connectivity index (χ3v) is 16.8. The topological polar surface area (TPSA) is 227 Å². The first-order valence-electron chi connectivity index (χ1n) is 27.7. The van der Waals surface area contributed by atoms with Gasteiger partial charge in [0.2, 0.25) is 6.10 Å². The molecule has 2 bridgehead atoms. The van der Waals surface area contributed by atoms with Crippen LogP contribution in [0.25, 0.3) is 0 Å². The van der Waals surface area contributed by atoms with Gasteiger partial charge in [0.05, 0.1) is 29.8 Å². The minimum absolute atomic E-state index is 0. The fourth-order valence-corrected chi connectivity index (χ4v) is 12.1. The van der Waals surface area contributed by atoms with Gasteiger partial charge in [-0.15, -0.1) is 0 Å². The van der Waals surface area contributed by atoms with Crippen LogP contribution in [0.3, 0.4) is 0 Å². The van der Waals surface area contributed by atoms with Crippen molar-refractivity contribution in [2.45, 2.75) is 178 Å². The number of hydrogen-bond acceptors (Lipinski definition) is 13. The van der Waals surface area contributed by atoms with Gasteiger partial charge in [-0.25, -0.2) is 14.4 Å². The zero-order chi connectivity index (χ0) is 55.4. The van der Waals surface area contributed by atoms with E-state index in [1.807, 2.05) is 0 Å². The second-order valence-electron chi connectivity index (χ2n) is 22.1. The Morgan fingerprint density at radius 3 is 1.92 bits per heavy atom. The Bertz CT molecular complexity index is 2600. The van der Waals surface area contributed by atoms with E-state index in [2.05, 4.69) is 41.9 Å². The molecular formula is C62H80Ac2N2O13. The molecule has 0 spiro atoms. The Hall–Kier alpha value is -3.09. The summed E-state index contributed by atoms with van der Waals surface area (Å²) in [5.41, 5.74) is -7.11. The number of amides is 2. The van der Waals surface area contributed by atoms with Crippen LogP contribution in [0.15, 0.2) is 126 Å². The molecule has 7 rings (SSSR count). The summed E-state index contributed by atoms with van der Waals surface area (Å²) in [4.78, 5) is 72.4. The Morgan fingerprint density at radius 2 is 1.33 bits per heavy atom. The number of ether oxygens (including phenoxy) is 4. The summed E-state index contributed by atoms with van der Waals surface area (Å²) < 4.78 is 24.5. The maximum Gasteiger partial charge on any atom is 0.408 e. The van der Waals surface area contributed by atoms with Gasteiger partial charge in [0.25, 0.3) is 5.91 Å². The molecule has 3 aromatic rings. The van der Waals surface area contributed by atoms with E-state index in [0.717, 1.165) is 51.4 Å². The molecule has 4 aliphatic rings. The number of nitrogens with one attached hydrogen (secondary N) is 2. The Labute approximate surface area is 537 Å². The maximum atomic E-state index is 15.2. The van der Waals surface area contributed by atoms with Gasteiger partial charge >= 0.3 is 18.0 Å². The number of unbranched alkanes of at least 4 members (excludes halogenated alkanes) is 9. The Kier molecular flexibility index (Phi) is 25.7. The molecule has 17 heteroatoms. The summed E-state index contributed by atoms with van der Waals surface area (Å²) in [6.45, 7) is 8.19. The van der Waals surface area contributed by atoms with Crippen molar-refractivity contribution in [3.05, 3.63) is 143 Å². The van der Waals surface area contributed by atoms with Crippen LogP contribution in [-0.4, -0.2) is 111 Å². The van der Waals surface area contributed by atoms with Crippen LogP contribution in [0.5, 0.6) is 0 Å². The molecule has 2 saturated carbocycles. The van der Waals surface area contributed by atoms with E-state index >= 15 is 9.59 Å². The fraction of sp³-hybridized carbons (Fsp3) is 0.532. The minimum atomic E-state index is -2.37. The molecule has 1 saturated heterocycles. The molecule has 1 heterocycles. The molecular weight excluding hydrogens is 1430 g/mol. The summed E-state index contributed by atoms with van der Waals surface area (Å²) in [6.07, 6.45) is 10.1. The van der Waals surface area contributed by atoms with Crippen LogP contribution in [0.4, 0.5) is 4.79 Å². The number of benzene rings is 3. The van der Waals surface area contributed by atoms with Crippen LogP contribution in [0.2, 0.25) is 0 Å². The third kappa shape index (κ3) is 15.2. The largest absolute Gasteiger partial charge is 0.455 e. The van der Waals surface area contributed by atoms with E-state index in [4.69, 9.17) is 18.9 Å². The van der Waals surface area contributed by atoms with E-state index in [-0.39, 0.29) is 130 Å². The molecule has 422 valence electrons. The van der Waals surface area contributed by atoms with Crippen molar-refractivity contribution in [1.29, 1.82) is 0 Å². The number of aliphatic hydroxyl groups is 4.